The lowest BCUT2D eigenvalue weighted by Gasteiger charge is -2.41. The van der Waals surface area contributed by atoms with Crippen LogP contribution in [0.2, 0.25) is 5.02 Å². The molecule has 3 aliphatic rings. The van der Waals surface area contributed by atoms with Gasteiger partial charge in [0.2, 0.25) is 0 Å². The summed E-state index contributed by atoms with van der Waals surface area (Å²) < 4.78 is 16.5. The van der Waals surface area contributed by atoms with Crippen molar-refractivity contribution in [3.05, 3.63) is 22.7 Å². The second-order valence-corrected chi connectivity index (χ2v) is 10.2. The molecule has 1 aromatic carbocycles. The summed E-state index contributed by atoms with van der Waals surface area (Å²) in [4.78, 5) is 32.1. The van der Waals surface area contributed by atoms with Crippen LogP contribution in [0.15, 0.2) is 12.1 Å². The summed E-state index contributed by atoms with van der Waals surface area (Å²) in [5.41, 5.74) is 6.57. The number of piperidine rings is 2. The number of halogens is 1. The Hall–Kier alpha value is -2.27. The van der Waals surface area contributed by atoms with Crippen molar-refractivity contribution in [1.82, 2.24) is 20.0 Å². The summed E-state index contributed by atoms with van der Waals surface area (Å²) >= 11 is 6.14. The number of nitrogens with two attached hydrogens (primary N) is 1. The Labute approximate surface area is 217 Å². The number of hydrogen-bond donors (Lipinski definition) is 2. The fourth-order valence-electron chi connectivity index (χ4n) is 5.34. The van der Waals surface area contributed by atoms with Crippen molar-refractivity contribution >= 4 is 29.2 Å². The summed E-state index contributed by atoms with van der Waals surface area (Å²) in [6, 6.07) is 3.13. The van der Waals surface area contributed by atoms with Crippen molar-refractivity contribution in [3.8, 4) is 5.75 Å². The number of carbonyl (C=O) groups excluding carboxylic acids is 2. The van der Waals surface area contributed by atoms with E-state index in [0.29, 0.717) is 54.2 Å². The van der Waals surface area contributed by atoms with Crippen LogP contribution in [0.5, 0.6) is 5.75 Å². The zero-order valence-corrected chi connectivity index (χ0v) is 22.0. The first-order chi connectivity index (χ1) is 17.4. The van der Waals surface area contributed by atoms with E-state index in [0.717, 1.165) is 52.0 Å². The molecule has 1 aromatic rings. The van der Waals surface area contributed by atoms with Gasteiger partial charge in [0.15, 0.2) is 0 Å². The van der Waals surface area contributed by atoms with Crippen molar-refractivity contribution in [1.29, 1.82) is 0 Å². The van der Waals surface area contributed by atoms with E-state index in [1.54, 1.807) is 13.2 Å². The number of nitrogens with zero attached hydrogens (tertiary/aromatic N) is 3. The quantitative estimate of drug-likeness (QED) is 0.548. The maximum atomic E-state index is 13.0. The average molecular weight is 524 g/mol. The van der Waals surface area contributed by atoms with Gasteiger partial charge >= 0.3 is 6.03 Å². The highest BCUT2D eigenvalue weighted by Crippen LogP contribution is 2.29. The second-order valence-electron chi connectivity index (χ2n) is 9.79. The van der Waals surface area contributed by atoms with E-state index in [4.69, 9.17) is 31.5 Å². The monoisotopic (exact) mass is 523 g/mol. The molecule has 3 heterocycles. The standard InChI is InChI=1S/C25H38ClN5O5/c1-34-22-14-20(27)19(26)13-18(22)24(32)28-21-5-6-29(16-23(21)35-2)15-17-3-7-30(8-4-17)25(33)31-9-11-36-12-10-31/h13-14,17,21,23H,3-12,15-16,27H2,1-2H3,(H,28,32)/t21-,23+/m1/s1. The molecule has 36 heavy (non-hydrogen) atoms. The fraction of sp³-hybridized carbons (Fsp3) is 0.680. The predicted octanol–water partition coefficient (Wildman–Crippen LogP) is 1.91. The lowest BCUT2D eigenvalue weighted by atomic mass is 9.94. The molecule has 3 amide bonds. The molecule has 3 aliphatic heterocycles. The lowest BCUT2D eigenvalue weighted by molar-refractivity contribution is -0.00146. The number of carbonyl (C=O) groups is 2. The third kappa shape index (κ3) is 6.34. The predicted molar refractivity (Wildman–Crippen MR) is 138 cm³/mol. The average Bonchev–Trinajstić information content (AvgIpc) is 2.91. The maximum Gasteiger partial charge on any atom is 0.320 e. The first kappa shape index (κ1) is 26.8. The maximum absolute atomic E-state index is 13.0. The van der Waals surface area contributed by atoms with E-state index in [1.807, 2.05) is 9.80 Å². The highest BCUT2D eigenvalue weighted by Gasteiger charge is 2.34. The van der Waals surface area contributed by atoms with E-state index >= 15 is 0 Å². The zero-order valence-electron chi connectivity index (χ0n) is 21.2. The summed E-state index contributed by atoms with van der Waals surface area (Å²) in [7, 11) is 3.18. The molecule has 3 fully saturated rings. The van der Waals surface area contributed by atoms with Gasteiger partial charge in [-0.3, -0.25) is 4.79 Å². The lowest BCUT2D eigenvalue weighted by Crippen LogP contribution is -2.56. The minimum Gasteiger partial charge on any atom is -0.496 e. The Morgan fingerprint density at radius 2 is 1.78 bits per heavy atom. The molecule has 0 spiro atoms. The van der Waals surface area contributed by atoms with Crippen LogP contribution in [0, 0.1) is 5.92 Å². The van der Waals surface area contributed by atoms with Crippen LogP contribution in [0.1, 0.15) is 29.6 Å². The smallest absolute Gasteiger partial charge is 0.320 e. The van der Waals surface area contributed by atoms with E-state index in [1.165, 1.54) is 13.2 Å². The molecule has 0 aliphatic carbocycles. The summed E-state index contributed by atoms with van der Waals surface area (Å²) in [6.07, 6.45) is 2.66. The van der Waals surface area contributed by atoms with Crippen molar-refractivity contribution in [2.24, 2.45) is 5.92 Å². The normalized spacial score (nSPS) is 24.0. The molecule has 4 rings (SSSR count). The van der Waals surface area contributed by atoms with Gasteiger partial charge in [-0.15, -0.1) is 0 Å². The second kappa shape index (κ2) is 12.3. The highest BCUT2D eigenvalue weighted by atomic mass is 35.5. The number of amides is 3. The topological polar surface area (TPSA) is 110 Å². The minimum atomic E-state index is -0.258. The van der Waals surface area contributed by atoms with Crippen LogP contribution >= 0.6 is 11.6 Å². The van der Waals surface area contributed by atoms with Crippen LogP contribution < -0.4 is 15.8 Å². The van der Waals surface area contributed by atoms with Gasteiger partial charge in [0.25, 0.3) is 5.91 Å². The van der Waals surface area contributed by atoms with Gasteiger partial charge in [-0.25, -0.2) is 4.79 Å². The number of methoxy groups -OCH3 is 2. The Morgan fingerprint density at radius 1 is 1.08 bits per heavy atom. The van der Waals surface area contributed by atoms with E-state index in [2.05, 4.69) is 10.2 Å². The van der Waals surface area contributed by atoms with Gasteiger partial charge in [0, 0.05) is 59.0 Å². The van der Waals surface area contributed by atoms with Gasteiger partial charge in [-0.05, 0) is 31.2 Å². The SMILES string of the molecule is COc1cc(N)c(Cl)cc1C(=O)N[C@@H]1CCN(CC2CCN(C(=O)N3CCOCC3)CC2)C[C@@H]1OC. The van der Waals surface area contributed by atoms with Crippen molar-refractivity contribution < 1.29 is 23.8 Å². The molecule has 10 nitrogen and oxygen atoms in total. The summed E-state index contributed by atoms with van der Waals surface area (Å²) in [5, 5.41) is 3.42. The van der Waals surface area contributed by atoms with Gasteiger partial charge < -0.3 is 40.0 Å². The van der Waals surface area contributed by atoms with Crippen LogP contribution in [-0.2, 0) is 9.47 Å². The minimum absolute atomic E-state index is 0.118. The third-order valence-corrected chi connectivity index (χ3v) is 7.84. The Balaban J connectivity index is 1.26. The third-order valence-electron chi connectivity index (χ3n) is 7.51. The molecule has 0 bridgehead atoms. The number of hydrogen-bond acceptors (Lipinski definition) is 7. The number of ether oxygens (including phenoxy) is 3. The Bertz CT molecular complexity index is 920. The summed E-state index contributed by atoms with van der Waals surface area (Å²) in [6.45, 7) is 6.80. The van der Waals surface area contributed by atoms with Crippen LogP contribution in [0.4, 0.5) is 10.5 Å². The number of morpholine rings is 1. The van der Waals surface area contributed by atoms with E-state index in [9.17, 15) is 9.59 Å². The number of rotatable bonds is 6. The molecule has 0 saturated carbocycles. The van der Waals surface area contributed by atoms with Gasteiger partial charge in [0.1, 0.15) is 5.75 Å². The number of anilines is 1. The summed E-state index contributed by atoms with van der Waals surface area (Å²) in [5.74, 6) is 0.675. The molecular weight excluding hydrogens is 486 g/mol. The van der Waals surface area contributed by atoms with E-state index in [-0.39, 0.29) is 24.1 Å². The molecule has 3 saturated heterocycles. The number of benzene rings is 1. The molecule has 200 valence electrons. The van der Waals surface area contributed by atoms with E-state index < -0.39 is 0 Å². The van der Waals surface area contributed by atoms with Crippen LogP contribution in [0.25, 0.3) is 0 Å². The molecular formula is C25H38ClN5O5. The first-order valence-electron chi connectivity index (χ1n) is 12.7. The molecule has 0 aromatic heterocycles. The van der Waals surface area contributed by atoms with Crippen molar-refractivity contribution in [2.75, 3.05) is 79.0 Å². The van der Waals surface area contributed by atoms with Gasteiger partial charge in [-0.1, -0.05) is 11.6 Å². The Morgan fingerprint density at radius 3 is 2.44 bits per heavy atom. The Kier molecular flexibility index (Phi) is 9.16. The number of nitrogen functional groups attached to an aromatic ring is 1. The molecule has 11 heteroatoms. The van der Waals surface area contributed by atoms with Gasteiger partial charge in [0.05, 0.1) is 48.7 Å². The molecule has 0 radical (unpaired) electrons. The van der Waals surface area contributed by atoms with Gasteiger partial charge in [-0.2, -0.15) is 0 Å². The van der Waals surface area contributed by atoms with Crippen LogP contribution in [0.3, 0.4) is 0 Å². The fourth-order valence-corrected chi connectivity index (χ4v) is 5.50. The van der Waals surface area contributed by atoms with Crippen molar-refractivity contribution in [2.45, 2.75) is 31.4 Å². The molecule has 3 N–H and O–H groups in total. The highest BCUT2D eigenvalue weighted by molar-refractivity contribution is 6.33. The van der Waals surface area contributed by atoms with Crippen molar-refractivity contribution in [3.63, 3.8) is 0 Å². The number of urea groups is 1. The van der Waals surface area contributed by atoms with Crippen LogP contribution in [-0.4, -0.2) is 112 Å². The first-order valence-corrected chi connectivity index (χ1v) is 13.1. The number of nitrogens with one attached hydrogen (secondary N) is 1. The zero-order chi connectivity index (χ0) is 25.7. The molecule has 0 unspecified atom stereocenters. The molecule has 2 atom stereocenters. The largest absolute Gasteiger partial charge is 0.496 e. The number of likely N-dealkylation sites (tertiary alicyclic amines) is 2.